The summed E-state index contributed by atoms with van der Waals surface area (Å²) in [5, 5.41) is 5.87. The number of nitrogens with one attached hydrogen (secondary N) is 2. The highest BCUT2D eigenvalue weighted by molar-refractivity contribution is 5.96. The van der Waals surface area contributed by atoms with Crippen molar-refractivity contribution in [3.05, 3.63) is 42.0 Å². The van der Waals surface area contributed by atoms with Crippen LogP contribution < -0.4 is 24.8 Å². The molecule has 150 valence electrons. The highest BCUT2D eigenvalue weighted by Gasteiger charge is 2.15. The van der Waals surface area contributed by atoms with Gasteiger partial charge < -0.3 is 29.6 Å². The van der Waals surface area contributed by atoms with E-state index in [0.29, 0.717) is 40.7 Å². The lowest BCUT2D eigenvalue weighted by molar-refractivity contribution is -0.115. The Labute approximate surface area is 163 Å². The first kappa shape index (κ1) is 20.9. The molecule has 1 amide bonds. The van der Waals surface area contributed by atoms with Gasteiger partial charge in [0.05, 0.1) is 34.0 Å². The summed E-state index contributed by atoms with van der Waals surface area (Å²) >= 11 is 0. The van der Waals surface area contributed by atoms with Crippen molar-refractivity contribution in [2.45, 2.75) is 6.42 Å². The zero-order valence-corrected chi connectivity index (χ0v) is 16.3. The summed E-state index contributed by atoms with van der Waals surface area (Å²) in [4.78, 5) is 24.0. The van der Waals surface area contributed by atoms with E-state index < -0.39 is 5.97 Å². The molecule has 0 saturated heterocycles. The fourth-order valence-corrected chi connectivity index (χ4v) is 2.61. The van der Waals surface area contributed by atoms with E-state index in [1.807, 2.05) is 0 Å². The van der Waals surface area contributed by atoms with Gasteiger partial charge in [0.15, 0.2) is 11.5 Å². The molecule has 2 N–H and O–H groups in total. The van der Waals surface area contributed by atoms with E-state index in [9.17, 15) is 9.59 Å². The van der Waals surface area contributed by atoms with E-state index in [2.05, 4.69) is 10.6 Å². The summed E-state index contributed by atoms with van der Waals surface area (Å²) < 4.78 is 20.6. The molecule has 0 saturated carbocycles. The molecule has 0 fully saturated rings. The number of benzene rings is 2. The van der Waals surface area contributed by atoms with Gasteiger partial charge in [-0.3, -0.25) is 4.79 Å². The fraction of sp³-hybridized carbons (Fsp3) is 0.300. The monoisotopic (exact) mass is 388 g/mol. The Hall–Kier alpha value is -3.42. The molecule has 0 aromatic heterocycles. The Morgan fingerprint density at radius 3 is 2.14 bits per heavy atom. The maximum atomic E-state index is 12.3. The van der Waals surface area contributed by atoms with Crippen LogP contribution in [0.2, 0.25) is 0 Å². The summed E-state index contributed by atoms with van der Waals surface area (Å²) in [6.45, 7) is 0.338. The maximum absolute atomic E-state index is 12.3. The molecule has 8 heteroatoms. The molecule has 0 unspecified atom stereocenters. The van der Waals surface area contributed by atoms with Crippen molar-refractivity contribution in [2.75, 3.05) is 45.6 Å². The van der Waals surface area contributed by atoms with Gasteiger partial charge in [0.2, 0.25) is 11.7 Å². The minimum absolute atomic E-state index is 0.187. The van der Waals surface area contributed by atoms with Gasteiger partial charge in [0, 0.05) is 36.5 Å². The van der Waals surface area contributed by atoms with Gasteiger partial charge in [-0.25, -0.2) is 4.79 Å². The lowest BCUT2D eigenvalue weighted by Gasteiger charge is -2.15. The third-order valence-corrected chi connectivity index (χ3v) is 3.95. The number of esters is 1. The first-order chi connectivity index (χ1) is 13.5. The number of methoxy groups -OCH3 is 4. The Morgan fingerprint density at radius 2 is 1.57 bits per heavy atom. The Balaban J connectivity index is 1.99. The first-order valence-electron chi connectivity index (χ1n) is 8.55. The standard InChI is InChI=1S/C20H24N2O6/c1-25-16-11-13(12-17(26-2)19(16)27-3)22-18(23)9-10-21-15-8-6-5-7-14(15)20(24)28-4/h5-8,11-12,21H,9-10H2,1-4H3,(H,22,23). The third-order valence-electron chi connectivity index (χ3n) is 3.95. The second kappa shape index (κ2) is 10.1. The lowest BCUT2D eigenvalue weighted by atomic mass is 10.1. The fourth-order valence-electron chi connectivity index (χ4n) is 2.61. The van der Waals surface area contributed by atoms with Crippen molar-refractivity contribution in [3.63, 3.8) is 0 Å². The maximum Gasteiger partial charge on any atom is 0.339 e. The Kier molecular flexibility index (Phi) is 7.50. The molecule has 0 atom stereocenters. The quantitative estimate of drug-likeness (QED) is 0.638. The molecule has 0 bridgehead atoms. The predicted octanol–water partition coefficient (Wildman–Crippen LogP) is 2.94. The molecule has 0 aliphatic carbocycles. The van der Waals surface area contributed by atoms with Crippen LogP contribution in [0.15, 0.2) is 36.4 Å². The van der Waals surface area contributed by atoms with Gasteiger partial charge in [-0.15, -0.1) is 0 Å². The summed E-state index contributed by atoms with van der Waals surface area (Å²) in [5.74, 6) is 0.691. The van der Waals surface area contributed by atoms with E-state index in [-0.39, 0.29) is 12.3 Å². The minimum Gasteiger partial charge on any atom is -0.493 e. The number of hydrogen-bond acceptors (Lipinski definition) is 7. The molecule has 0 aliphatic rings. The molecule has 8 nitrogen and oxygen atoms in total. The van der Waals surface area contributed by atoms with Crippen LogP contribution in [-0.2, 0) is 9.53 Å². The zero-order valence-electron chi connectivity index (χ0n) is 16.3. The van der Waals surface area contributed by atoms with Crippen LogP contribution in [0, 0.1) is 0 Å². The normalized spacial score (nSPS) is 10.0. The molecule has 28 heavy (non-hydrogen) atoms. The van der Waals surface area contributed by atoms with Crippen molar-refractivity contribution in [3.8, 4) is 17.2 Å². The van der Waals surface area contributed by atoms with Crippen LogP contribution in [0.5, 0.6) is 17.2 Å². The van der Waals surface area contributed by atoms with Crippen molar-refractivity contribution < 1.29 is 28.5 Å². The second-order valence-electron chi connectivity index (χ2n) is 5.68. The van der Waals surface area contributed by atoms with Gasteiger partial charge in [-0.05, 0) is 12.1 Å². The van der Waals surface area contributed by atoms with Gasteiger partial charge in [-0.2, -0.15) is 0 Å². The molecule has 2 aromatic carbocycles. The van der Waals surface area contributed by atoms with Crippen LogP contribution in [0.3, 0.4) is 0 Å². The molecule has 2 rings (SSSR count). The largest absolute Gasteiger partial charge is 0.493 e. The summed E-state index contributed by atoms with van der Waals surface area (Å²) in [7, 11) is 5.84. The number of rotatable bonds is 9. The zero-order chi connectivity index (χ0) is 20.5. The van der Waals surface area contributed by atoms with E-state index in [4.69, 9.17) is 18.9 Å². The second-order valence-corrected chi connectivity index (χ2v) is 5.68. The number of amides is 1. The molecule has 0 heterocycles. The molecule has 0 aliphatic heterocycles. The first-order valence-corrected chi connectivity index (χ1v) is 8.55. The number of anilines is 2. The van der Waals surface area contributed by atoms with Crippen LogP contribution in [0.25, 0.3) is 0 Å². The van der Waals surface area contributed by atoms with Crippen molar-refractivity contribution in [1.29, 1.82) is 0 Å². The number of para-hydroxylation sites is 1. The van der Waals surface area contributed by atoms with Gasteiger partial charge in [0.1, 0.15) is 0 Å². The number of carbonyl (C=O) groups excluding carboxylic acids is 2. The van der Waals surface area contributed by atoms with Gasteiger partial charge in [-0.1, -0.05) is 12.1 Å². The number of hydrogen-bond donors (Lipinski definition) is 2. The molecular formula is C20H24N2O6. The predicted molar refractivity (Wildman–Crippen MR) is 106 cm³/mol. The highest BCUT2D eigenvalue weighted by atomic mass is 16.5. The lowest BCUT2D eigenvalue weighted by Crippen LogP contribution is -2.17. The third kappa shape index (κ3) is 5.06. The van der Waals surface area contributed by atoms with E-state index >= 15 is 0 Å². The van der Waals surface area contributed by atoms with Crippen molar-refractivity contribution >= 4 is 23.3 Å². The van der Waals surface area contributed by atoms with Crippen LogP contribution in [-0.4, -0.2) is 46.9 Å². The smallest absolute Gasteiger partial charge is 0.339 e. The SMILES string of the molecule is COC(=O)c1ccccc1NCCC(=O)Nc1cc(OC)c(OC)c(OC)c1. The van der Waals surface area contributed by atoms with E-state index in [0.717, 1.165) is 0 Å². The molecular weight excluding hydrogens is 364 g/mol. The van der Waals surface area contributed by atoms with Crippen LogP contribution >= 0.6 is 0 Å². The van der Waals surface area contributed by atoms with Crippen LogP contribution in [0.1, 0.15) is 16.8 Å². The van der Waals surface area contributed by atoms with Crippen molar-refractivity contribution in [2.24, 2.45) is 0 Å². The average Bonchev–Trinajstić information content (AvgIpc) is 2.72. The Morgan fingerprint density at radius 1 is 0.929 bits per heavy atom. The van der Waals surface area contributed by atoms with Gasteiger partial charge in [0.25, 0.3) is 0 Å². The topological polar surface area (TPSA) is 95.1 Å². The van der Waals surface area contributed by atoms with Gasteiger partial charge >= 0.3 is 5.97 Å². The minimum atomic E-state index is -0.440. The summed E-state index contributed by atoms with van der Waals surface area (Å²) in [6, 6.07) is 10.3. The average molecular weight is 388 g/mol. The highest BCUT2D eigenvalue weighted by Crippen LogP contribution is 2.39. The number of ether oxygens (including phenoxy) is 4. The van der Waals surface area contributed by atoms with Crippen molar-refractivity contribution in [1.82, 2.24) is 0 Å². The molecule has 2 aromatic rings. The Bertz CT molecular complexity index is 812. The molecule has 0 radical (unpaired) electrons. The van der Waals surface area contributed by atoms with E-state index in [1.54, 1.807) is 36.4 Å². The van der Waals surface area contributed by atoms with E-state index in [1.165, 1.54) is 28.4 Å². The van der Waals surface area contributed by atoms with Crippen LogP contribution in [0.4, 0.5) is 11.4 Å². The summed E-state index contributed by atoms with van der Waals surface area (Å²) in [5.41, 5.74) is 1.54. The number of carbonyl (C=O) groups is 2. The molecule has 0 spiro atoms. The summed E-state index contributed by atoms with van der Waals surface area (Å²) in [6.07, 6.45) is 0.187.